The van der Waals surface area contributed by atoms with Gasteiger partial charge < -0.3 is 4.90 Å². The summed E-state index contributed by atoms with van der Waals surface area (Å²) in [7, 11) is 2.09. The molecule has 0 saturated heterocycles. The van der Waals surface area contributed by atoms with Gasteiger partial charge in [0.25, 0.3) is 0 Å². The fourth-order valence-electron chi connectivity index (χ4n) is 3.03. The van der Waals surface area contributed by atoms with Crippen LogP contribution in [-0.2, 0) is 6.54 Å². The van der Waals surface area contributed by atoms with Gasteiger partial charge in [-0.3, -0.25) is 0 Å². The molecule has 4 aromatic rings. The topological polar surface area (TPSA) is 29.0 Å². The maximum absolute atomic E-state index is 4.60. The summed E-state index contributed by atoms with van der Waals surface area (Å²) in [5.74, 6) is 0.977. The molecule has 2 aromatic carbocycles. The maximum atomic E-state index is 4.60. The van der Waals surface area contributed by atoms with Crippen LogP contribution in [0.1, 0.15) is 11.1 Å². The van der Waals surface area contributed by atoms with Crippen molar-refractivity contribution in [2.75, 3.05) is 11.9 Å². The standard InChI is InChI=1S/C21H19N3S/c1-15-8-10-17(11-9-15)18-13-25-21-19(18)20(22-14-23-21)24(2)12-16-6-4-3-5-7-16/h3-11,13-14H,12H2,1-2H3. The molecule has 3 nitrogen and oxygen atoms in total. The zero-order chi connectivity index (χ0) is 17.2. The Morgan fingerprint density at radius 3 is 2.48 bits per heavy atom. The Labute approximate surface area is 151 Å². The summed E-state index contributed by atoms with van der Waals surface area (Å²) in [6.45, 7) is 2.92. The summed E-state index contributed by atoms with van der Waals surface area (Å²) >= 11 is 1.67. The van der Waals surface area contributed by atoms with E-state index in [9.17, 15) is 0 Å². The van der Waals surface area contributed by atoms with Gasteiger partial charge in [-0.05, 0) is 18.1 Å². The molecule has 0 radical (unpaired) electrons. The van der Waals surface area contributed by atoms with Gasteiger partial charge in [0.05, 0.1) is 5.39 Å². The van der Waals surface area contributed by atoms with Crippen LogP contribution in [0, 0.1) is 6.92 Å². The van der Waals surface area contributed by atoms with Gasteiger partial charge in [0.2, 0.25) is 0 Å². The summed E-state index contributed by atoms with van der Waals surface area (Å²) in [5.41, 5.74) is 4.95. The van der Waals surface area contributed by atoms with E-state index in [1.165, 1.54) is 22.3 Å². The number of fused-ring (bicyclic) bond motifs is 1. The second kappa shape index (κ2) is 6.65. The summed E-state index contributed by atoms with van der Waals surface area (Å²) in [6.07, 6.45) is 1.66. The van der Waals surface area contributed by atoms with Crippen molar-refractivity contribution in [2.24, 2.45) is 0 Å². The molecule has 0 N–H and O–H groups in total. The van der Waals surface area contributed by atoms with E-state index in [-0.39, 0.29) is 0 Å². The van der Waals surface area contributed by atoms with Crippen LogP contribution in [0.5, 0.6) is 0 Å². The second-order valence-corrected chi connectivity index (χ2v) is 7.09. The van der Waals surface area contributed by atoms with E-state index in [4.69, 9.17) is 0 Å². The Bertz CT molecular complexity index is 991. The number of rotatable bonds is 4. The fourth-order valence-corrected chi connectivity index (χ4v) is 3.94. The second-order valence-electron chi connectivity index (χ2n) is 6.23. The molecule has 4 rings (SSSR count). The van der Waals surface area contributed by atoms with E-state index in [1.807, 2.05) is 6.07 Å². The molecule has 0 aliphatic rings. The average Bonchev–Trinajstić information content (AvgIpc) is 3.07. The van der Waals surface area contributed by atoms with Gasteiger partial charge >= 0.3 is 0 Å². The molecule has 0 atom stereocenters. The molecule has 124 valence electrons. The van der Waals surface area contributed by atoms with Crippen LogP contribution in [0.15, 0.2) is 66.3 Å². The molecule has 0 unspecified atom stereocenters. The van der Waals surface area contributed by atoms with E-state index >= 15 is 0 Å². The Hall–Kier alpha value is -2.72. The van der Waals surface area contributed by atoms with Crippen LogP contribution in [0.3, 0.4) is 0 Å². The number of hydrogen-bond acceptors (Lipinski definition) is 4. The minimum Gasteiger partial charge on any atom is -0.355 e. The number of nitrogens with zero attached hydrogens (tertiary/aromatic N) is 3. The third-order valence-electron chi connectivity index (χ3n) is 4.34. The smallest absolute Gasteiger partial charge is 0.141 e. The monoisotopic (exact) mass is 345 g/mol. The lowest BCUT2D eigenvalue weighted by Gasteiger charge is -2.19. The molecule has 0 amide bonds. The van der Waals surface area contributed by atoms with E-state index in [1.54, 1.807) is 17.7 Å². The Balaban J connectivity index is 1.78. The van der Waals surface area contributed by atoms with Crippen LogP contribution in [0.2, 0.25) is 0 Å². The molecule has 2 heterocycles. The molecule has 0 aliphatic carbocycles. The highest BCUT2D eigenvalue weighted by Gasteiger charge is 2.16. The zero-order valence-corrected chi connectivity index (χ0v) is 15.1. The largest absolute Gasteiger partial charge is 0.355 e. The number of anilines is 1. The number of benzene rings is 2. The SMILES string of the molecule is Cc1ccc(-c2csc3ncnc(N(C)Cc4ccccc4)c23)cc1. The molecule has 2 aromatic heterocycles. The van der Waals surface area contributed by atoms with Gasteiger partial charge in [0.15, 0.2) is 0 Å². The van der Waals surface area contributed by atoms with Crippen molar-refractivity contribution in [3.63, 3.8) is 0 Å². The molecular weight excluding hydrogens is 326 g/mol. The summed E-state index contributed by atoms with van der Waals surface area (Å²) in [5, 5.41) is 3.32. The van der Waals surface area contributed by atoms with Crippen molar-refractivity contribution >= 4 is 27.4 Å². The molecule has 4 heteroatoms. The van der Waals surface area contributed by atoms with Gasteiger partial charge in [-0.2, -0.15) is 0 Å². The predicted molar refractivity (Wildman–Crippen MR) is 106 cm³/mol. The minimum absolute atomic E-state index is 0.816. The van der Waals surface area contributed by atoms with Crippen LogP contribution in [0.4, 0.5) is 5.82 Å². The highest BCUT2D eigenvalue weighted by molar-refractivity contribution is 7.17. The van der Waals surface area contributed by atoms with Crippen molar-refractivity contribution in [2.45, 2.75) is 13.5 Å². The van der Waals surface area contributed by atoms with Crippen molar-refractivity contribution in [3.8, 4) is 11.1 Å². The van der Waals surface area contributed by atoms with Crippen LogP contribution >= 0.6 is 11.3 Å². The maximum Gasteiger partial charge on any atom is 0.141 e. The van der Waals surface area contributed by atoms with Gasteiger partial charge in [-0.1, -0.05) is 60.2 Å². The summed E-state index contributed by atoms with van der Waals surface area (Å²) in [6, 6.07) is 19.1. The lowest BCUT2D eigenvalue weighted by molar-refractivity contribution is 0.901. The fraction of sp³-hybridized carbons (Fsp3) is 0.143. The molecule has 0 saturated carbocycles. The molecule has 0 fully saturated rings. The predicted octanol–water partition coefficient (Wildman–Crippen LogP) is 5.30. The number of thiophene rings is 1. The van der Waals surface area contributed by atoms with Crippen LogP contribution < -0.4 is 4.90 Å². The van der Waals surface area contributed by atoms with Crippen molar-refractivity contribution in [3.05, 3.63) is 77.4 Å². The van der Waals surface area contributed by atoms with Crippen molar-refractivity contribution in [1.82, 2.24) is 9.97 Å². The first-order valence-electron chi connectivity index (χ1n) is 8.26. The average molecular weight is 345 g/mol. The van der Waals surface area contributed by atoms with E-state index in [0.717, 1.165) is 22.6 Å². The quantitative estimate of drug-likeness (QED) is 0.502. The van der Waals surface area contributed by atoms with Crippen molar-refractivity contribution in [1.29, 1.82) is 0 Å². The van der Waals surface area contributed by atoms with E-state index < -0.39 is 0 Å². The third-order valence-corrected chi connectivity index (χ3v) is 5.22. The highest BCUT2D eigenvalue weighted by atomic mass is 32.1. The Morgan fingerprint density at radius 2 is 1.72 bits per heavy atom. The van der Waals surface area contributed by atoms with E-state index in [0.29, 0.717) is 0 Å². The number of hydrogen-bond donors (Lipinski definition) is 0. The lowest BCUT2D eigenvalue weighted by atomic mass is 10.0. The lowest BCUT2D eigenvalue weighted by Crippen LogP contribution is -2.18. The Morgan fingerprint density at radius 1 is 0.960 bits per heavy atom. The van der Waals surface area contributed by atoms with Crippen molar-refractivity contribution < 1.29 is 0 Å². The first-order chi connectivity index (χ1) is 12.2. The zero-order valence-electron chi connectivity index (χ0n) is 14.3. The molecule has 0 spiro atoms. The van der Waals surface area contributed by atoms with Gasteiger partial charge in [-0.15, -0.1) is 11.3 Å². The summed E-state index contributed by atoms with van der Waals surface area (Å²) < 4.78 is 0. The molecule has 0 aliphatic heterocycles. The van der Waals surface area contributed by atoms with Gasteiger partial charge in [0.1, 0.15) is 17.0 Å². The van der Waals surface area contributed by atoms with Gasteiger partial charge in [-0.25, -0.2) is 9.97 Å². The number of aromatic nitrogens is 2. The van der Waals surface area contributed by atoms with Gasteiger partial charge in [0, 0.05) is 24.5 Å². The normalized spacial score (nSPS) is 11.0. The first-order valence-corrected chi connectivity index (χ1v) is 9.14. The van der Waals surface area contributed by atoms with E-state index in [2.05, 4.69) is 82.8 Å². The Kier molecular flexibility index (Phi) is 4.20. The summed E-state index contributed by atoms with van der Waals surface area (Å²) in [4.78, 5) is 12.3. The molecule has 0 bridgehead atoms. The first kappa shape index (κ1) is 15.8. The molecular formula is C21H19N3S. The highest BCUT2D eigenvalue weighted by Crippen LogP contribution is 2.37. The van der Waals surface area contributed by atoms with Crippen LogP contribution in [-0.4, -0.2) is 17.0 Å². The third kappa shape index (κ3) is 3.13. The minimum atomic E-state index is 0.816. The number of aryl methyl sites for hydroxylation is 1. The molecule has 25 heavy (non-hydrogen) atoms. The van der Waals surface area contributed by atoms with Crippen LogP contribution in [0.25, 0.3) is 21.3 Å².